The Balaban J connectivity index is 1.42. The maximum absolute atomic E-state index is 11.0. The number of hydrogen-bond donors (Lipinski definition) is 4. The molecule has 1 aliphatic heterocycles. The molecule has 3 aromatic rings. The number of H-pyrrole nitrogens is 1. The summed E-state index contributed by atoms with van der Waals surface area (Å²) in [5, 5.41) is 31.2. The van der Waals surface area contributed by atoms with Crippen molar-refractivity contribution in [3.05, 3.63) is 64.3 Å². The van der Waals surface area contributed by atoms with Gasteiger partial charge in [-0.1, -0.05) is 23.7 Å². The van der Waals surface area contributed by atoms with Crippen molar-refractivity contribution in [1.29, 1.82) is 0 Å². The lowest BCUT2D eigenvalue weighted by molar-refractivity contribution is -0.206. The van der Waals surface area contributed by atoms with E-state index in [1.54, 1.807) is 0 Å². The first kappa shape index (κ1) is 23.6. The number of nitrogens with one attached hydrogen (secondary N) is 1. The first-order valence-electron chi connectivity index (χ1n) is 11.9. The molecule has 2 aliphatic rings. The summed E-state index contributed by atoms with van der Waals surface area (Å²) in [6.45, 7) is 1.27. The summed E-state index contributed by atoms with van der Waals surface area (Å²) < 4.78 is 11.6. The van der Waals surface area contributed by atoms with Gasteiger partial charge >= 0.3 is 0 Å². The lowest BCUT2D eigenvalue weighted by Crippen LogP contribution is -2.44. The van der Waals surface area contributed by atoms with Crippen molar-refractivity contribution in [2.24, 2.45) is 5.92 Å². The molecule has 2 aromatic carbocycles. The number of rotatable bonds is 10. The summed E-state index contributed by atoms with van der Waals surface area (Å²) in [4.78, 5) is 5.57. The molecule has 0 radical (unpaired) electrons. The second-order valence-electron chi connectivity index (χ2n) is 9.24. The molecule has 0 saturated heterocycles. The van der Waals surface area contributed by atoms with Crippen molar-refractivity contribution in [1.82, 2.24) is 9.88 Å². The second-order valence-corrected chi connectivity index (χ2v) is 9.68. The standard InChI is InChI=1S/C26H31ClN2O5/c27-18-5-8-23-22(13-18)21-9-11-29(26(32)34-15-16-1-2-16)25(24(21)28-23)17-3-6-20(7-4-17)33-12-10-19(31)14-30/h3-8,13,16,19,25-26,28,30-32H,1-2,9-12,14-15H2/t19-,25-,26?/m0/s1. The first-order valence-corrected chi connectivity index (χ1v) is 12.3. The van der Waals surface area contributed by atoms with Crippen LogP contribution in [0.25, 0.3) is 10.9 Å². The fraction of sp³-hybridized carbons (Fsp3) is 0.462. The van der Waals surface area contributed by atoms with E-state index in [0.717, 1.165) is 28.6 Å². The van der Waals surface area contributed by atoms with Gasteiger partial charge in [-0.15, -0.1) is 0 Å². The fourth-order valence-electron chi connectivity index (χ4n) is 4.63. The second kappa shape index (κ2) is 10.2. The zero-order chi connectivity index (χ0) is 23.7. The zero-order valence-corrected chi connectivity index (χ0v) is 19.7. The van der Waals surface area contributed by atoms with Crippen molar-refractivity contribution in [3.63, 3.8) is 0 Å². The van der Waals surface area contributed by atoms with Gasteiger partial charge in [-0.05, 0) is 66.6 Å². The third-order valence-electron chi connectivity index (χ3n) is 6.71. The SMILES string of the molecule is OC[C@@H](O)CCOc1ccc([C@H]2c3[nH]c4ccc(Cl)cc4c3CCN2C(O)OCC2CC2)cc1. The minimum Gasteiger partial charge on any atom is -0.493 e. The largest absolute Gasteiger partial charge is 0.493 e. The minimum absolute atomic E-state index is 0.214. The molecule has 5 rings (SSSR count). The van der Waals surface area contributed by atoms with Gasteiger partial charge in [0.25, 0.3) is 0 Å². The van der Waals surface area contributed by atoms with Crippen molar-refractivity contribution in [3.8, 4) is 5.75 Å². The number of benzene rings is 2. The molecule has 4 N–H and O–H groups in total. The van der Waals surface area contributed by atoms with Gasteiger partial charge in [-0.25, -0.2) is 4.90 Å². The monoisotopic (exact) mass is 486 g/mol. The Morgan fingerprint density at radius 3 is 2.65 bits per heavy atom. The first-order chi connectivity index (χ1) is 16.5. The number of aromatic nitrogens is 1. The maximum atomic E-state index is 11.0. The summed E-state index contributed by atoms with van der Waals surface area (Å²) in [5.41, 5.74) is 4.29. The van der Waals surface area contributed by atoms with E-state index >= 15 is 0 Å². The third kappa shape index (κ3) is 5.10. The quantitative estimate of drug-likeness (QED) is 0.327. The van der Waals surface area contributed by atoms with Crippen LogP contribution in [-0.4, -0.2) is 64.1 Å². The van der Waals surface area contributed by atoms with Crippen LogP contribution in [0.1, 0.15) is 42.1 Å². The van der Waals surface area contributed by atoms with E-state index in [9.17, 15) is 10.2 Å². The van der Waals surface area contributed by atoms with E-state index in [1.807, 2.05) is 47.4 Å². The molecule has 34 heavy (non-hydrogen) atoms. The Labute approximate surface area is 203 Å². The summed E-state index contributed by atoms with van der Waals surface area (Å²) in [6, 6.07) is 13.4. The zero-order valence-electron chi connectivity index (χ0n) is 19.0. The van der Waals surface area contributed by atoms with E-state index in [0.29, 0.717) is 42.9 Å². The fourth-order valence-corrected chi connectivity index (χ4v) is 4.80. The van der Waals surface area contributed by atoms with Gasteiger partial charge in [0, 0.05) is 34.6 Å². The summed E-state index contributed by atoms with van der Waals surface area (Å²) >= 11 is 6.29. The number of ether oxygens (including phenoxy) is 2. The number of halogens is 1. The minimum atomic E-state index is -0.996. The molecule has 1 unspecified atom stereocenters. The van der Waals surface area contributed by atoms with E-state index in [1.165, 1.54) is 18.4 Å². The Morgan fingerprint density at radius 2 is 1.91 bits per heavy atom. The van der Waals surface area contributed by atoms with Crippen LogP contribution in [0.5, 0.6) is 5.75 Å². The van der Waals surface area contributed by atoms with Gasteiger partial charge in [0.15, 0.2) is 0 Å². The number of nitrogens with zero attached hydrogens (tertiary/aromatic N) is 1. The normalized spacial score (nSPS) is 20.3. The highest BCUT2D eigenvalue weighted by Gasteiger charge is 2.36. The number of hydrogen-bond acceptors (Lipinski definition) is 6. The Hall–Kier alpha value is -2.13. The Kier molecular flexibility index (Phi) is 7.11. The van der Waals surface area contributed by atoms with E-state index in [4.69, 9.17) is 26.2 Å². The molecular formula is C26H31ClN2O5. The highest BCUT2D eigenvalue weighted by Crippen LogP contribution is 2.40. The van der Waals surface area contributed by atoms with Crippen LogP contribution in [0.4, 0.5) is 0 Å². The summed E-state index contributed by atoms with van der Waals surface area (Å²) in [6.07, 6.45) is 1.70. The molecule has 1 aromatic heterocycles. The number of aromatic amines is 1. The van der Waals surface area contributed by atoms with Crippen molar-refractivity contribution < 1.29 is 24.8 Å². The van der Waals surface area contributed by atoms with Crippen LogP contribution in [0.2, 0.25) is 5.02 Å². The summed E-state index contributed by atoms with van der Waals surface area (Å²) in [5.74, 6) is 1.25. The predicted molar refractivity (Wildman–Crippen MR) is 130 cm³/mol. The van der Waals surface area contributed by atoms with Crippen LogP contribution in [0.3, 0.4) is 0 Å². The Bertz CT molecular complexity index is 1110. The van der Waals surface area contributed by atoms with Crippen molar-refractivity contribution >= 4 is 22.5 Å². The highest BCUT2D eigenvalue weighted by molar-refractivity contribution is 6.31. The van der Waals surface area contributed by atoms with Crippen LogP contribution in [-0.2, 0) is 11.2 Å². The number of aliphatic hydroxyl groups excluding tert-OH is 3. The molecule has 1 fully saturated rings. The molecule has 3 atom stereocenters. The van der Waals surface area contributed by atoms with Crippen molar-refractivity contribution in [2.75, 3.05) is 26.4 Å². The van der Waals surface area contributed by atoms with Crippen LogP contribution in [0.15, 0.2) is 42.5 Å². The average Bonchev–Trinajstić information content (AvgIpc) is 3.61. The molecule has 1 aliphatic carbocycles. The van der Waals surface area contributed by atoms with Gasteiger partial charge in [-0.2, -0.15) is 0 Å². The lowest BCUT2D eigenvalue weighted by Gasteiger charge is -2.38. The Morgan fingerprint density at radius 1 is 1.12 bits per heavy atom. The van der Waals surface area contributed by atoms with Crippen LogP contribution < -0.4 is 4.74 Å². The molecule has 0 amide bonds. The molecule has 0 spiro atoms. The van der Waals surface area contributed by atoms with Gasteiger partial charge in [-0.3, -0.25) is 0 Å². The van der Waals surface area contributed by atoms with E-state index in [-0.39, 0.29) is 12.6 Å². The highest BCUT2D eigenvalue weighted by atomic mass is 35.5. The topological polar surface area (TPSA) is 98.2 Å². The molecule has 0 bridgehead atoms. The molecular weight excluding hydrogens is 456 g/mol. The van der Waals surface area contributed by atoms with Gasteiger partial charge in [0.2, 0.25) is 6.41 Å². The van der Waals surface area contributed by atoms with Gasteiger partial charge in [0.05, 0.1) is 32.0 Å². The smallest absolute Gasteiger partial charge is 0.216 e. The predicted octanol–water partition coefficient (Wildman–Crippen LogP) is 3.59. The molecule has 8 heteroatoms. The summed E-state index contributed by atoms with van der Waals surface area (Å²) in [7, 11) is 0. The van der Waals surface area contributed by atoms with E-state index < -0.39 is 12.5 Å². The molecule has 7 nitrogen and oxygen atoms in total. The van der Waals surface area contributed by atoms with E-state index in [2.05, 4.69) is 4.98 Å². The molecule has 1 saturated carbocycles. The molecule has 182 valence electrons. The van der Waals surface area contributed by atoms with Gasteiger partial charge in [0.1, 0.15) is 5.75 Å². The van der Waals surface area contributed by atoms with Crippen molar-refractivity contribution in [2.45, 2.75) is 44.2 Å². The molecule has 2 heterocycles. The maximum Gasteiger partial charge on any atom is 0.216 e. The lowest BCUT2D eigenvalue weighted by atomic mass is 9.92. The average molecular weight is 487 g/mol. The van der Waals surface area contributed by atoms with Crippen LogP contribution >= 0.6 is 11.6 Å². The van der Waals surface area contributed by atoms with Gasteiger partial charge < -0.3 is 29.8 Å². The number of aliphatic hydroxyl groups is 3. The third-order valence-corrected chi connectivity index (χ3v) is 6.95. The number of fused-ring (bicyclic) bond motifs is 3. The van der Waals surface area contributed by atoms with Crippen LogP contribution in [0, 0.1) is 5.92 Å².